The van der Waals surface area contributed by atoms with Gasteiger partial charge in [-0.3, -0.25) is 9.78 Å². The first-order valence-electron chi connectivity index (χ1n) is 10.3. The minimum absolute atomic E-state index is 0.00658. The molecule has 5 rings (SSSR count). The van der Waals surface area contributed by atoms with E-state index in [9.17, 15) is 14.3 Å². The van der Waals surface area contributed by atoms with Gasteiger partial charge in [0.05, 0.1) is 18.0 Å². The Hall–Kier alpha value is -3.05. The van der Waals surface area contributed by atoms with E-state index in [0.717, 1.165) is 40.6 Å². The number of ether oxygens (including phenoxy) is 1. The van der Waals surface area contributed by atoms with Gasteiger partial charge in [0.2, 0.25) is 0 Å². The molecule has 0 spiro atoms. The summed E-state index contributed by atoms with van der Waals surface area (Å²) < 4.78 is 19.7. The predicted octanol–water partition coefficient (Wildman–Crippen LogP) is 5.00. The third-order valence-corrected chi connectivity index (χ3v) is 5.72. The zero-order valence-corrected chi connectivity index (χ0v) is 16.4. The zero-order valence-electron chi connectivity index (χ0n) is 16.4. The predicted molar refractivity (Wildman–Crippen MR) is 113 cm³/mol. The summed E-state index contributed by atoms with van der Waals surface area (Å²) in [5.74, 6) is -0.271. The van der Waals surface area contributed by atoms with Crippen molar-refractivity contribution in [2.24, 2.45) is 0 Å². The van der Waals surface area contributed by atoms with Crippen LogP contribution in [0.1, 0.15) is 42.9 Å². The van der Waals surface area contributed by atoms with Gasteiger partial charge in [0.1, 0.15) is 11.9 Å². The van der Waals surface area contributed by atoms with Crippen molar-refractivity contribution in [1.82, 2.24) is 4.98 Å². The van der Waals surface area contributed by atoms with Crippen molar-refractivity contribution < 1.29 is 19.0 Å². The molecule has 2 heterocycles. The number of nitrogens with zero attached hydrogens (tertiary/aromatic N) is 1. The van der Waals surface area contributed by atoms with Crippen molar-refractivity contribution >= 4 is 22.9 Å². The average molecular weight is 403 g/mol. The van der Waals surface area contributed by atoms with Crippen molar-refractivity contribution in [3.05, 3.63) is 71.7 Å². The van der Waals surface area contributed by atoms with Crippen LogP contribution < -0.4 is 0 Å². The van der Waals surface area contributed by atoms with E-state index < -0.39 is 18.2 Å². The Kier molecular flexibility index (Phi) is 4.83. The van der Waals surface area contributed by atoms with Gasteiger partial charge < -0.3 is 9.84 Å². The molecule has 2 atom stereocenters. The van der Waals surface area contributed by atoms with Gasteiger partial charge in [-0.05, 0) is 54.3 Å². The second kappa shape index (κ2) is 7.65. The number of benzene rings is 2. The Labute approximate surface area is 174 Å². The maximum atomic E-state index is 14.5. The van der Waals surface area contributed by atoms with Gasteiger partial charge >= 0.3 is 5.97 Å². The third kappa shape index (κ3) is 3.85. The first-order valence-corrected chi connectivity index (χ1v) is 10.3. The van der Waals surface area contributed by atoms with Crippen LogP contribution in [-0.4, -0.2) is 28.3 Å². The number of rotatable bonds is 4. The molecule has 30 heavy (non-hydrogen) atoms. The third-order valence-electron chi connectivity index (χ3n) is 5.72. The number of hydrogen-bond acceptors (Lipinski definition) is 4. The zero-order chi connectivity index (χ0) is 20.7. The summed E-state index contributed by atoms with van der Waals surface area (Å²) in [6.45, 7) is 0. The fourth-order valence-corrected chi connectivity index (χ4v) is 4.00. The van der Waals surface area contributed by atoms with Crippen LogP contribution in [0.3, 0.4) is 0 Å². The van der Waals surface area contributed by atoms with Gasteiger partial charge in [0.15, 0.2) is 0 Å². The fraction of sp³-hybridized carbons (Fsp3) is 0.280. The molecule has 0 bridgehead atoms. The Morgan fingerprint density at radius 1 is 1.13 bits per heavy atom. The summed E-state index contributed by atoms with van der Waals surface area (Å²) in [5.41, 5.74) is 4.40. The van der Waals surface area contributed by atoms with E-state index >= 15 is 0 Å². The monoisotopic (exact) mass is 403 g/mol. The normalized spacial score (nSPS) is 21.9. The van der Waals surface area contributed by atoms with Gasteiger partial charge in [-0.25, -0.2) is 4.39 Å². The van der Waals surface area contributed by atoms with Crippen LogP contribution in [-0.2, 0) is 9.53 Å². The molecular weight excluding hydrogens is 381 g/mol. The lowest BCUT2D eigenvalue weighted by Gasteiger charge is -2.23. The lowest BCUT2D eigenvalue weighted by molar-refractivity contribution is -0.156. The second-order valence-electron chi connectivity index (χ2n) is 8.10. The van der Waals surface area contributed by atoms with Crippen molar-refractivity contribution in [2.75, 3.05) is 0 Å². The average Bonchev–Trinajstić information content (AvgIpc) is 3.57. The number of halogens is 1. The van der Waals surface area contributed by atoms with Crippen molar-refractivity contribution in [2.45, 2.75) is 43.8 Å². The van der Waals surface area contributed by atoms with Gasteiger partial charge in [-0.1, -0.05) is 30.3 Å². The van der Waals surface area contributed by atoms with E-state index in [2.05, 4.69) is 6.07 Å². The summed E-state index contributed by atoms with van der Waals surface area (Å²) in [5, 5.41) is 10.8. The molecule has 1 saturated heterocycles. The largest absolute Gasteiger partial charge is 0.458 e. The molecule has 1 aliphatic heterocycles. The lowest BCUT2D eigenvalue weighted by atomic mass is 9.97. The molecule has 2 aromatic carbocycles. The Morgan fingerprint density at radius 3 is 2.77 bits per heavy atom. The van der Waals surface area contributed by atoms with E-state index in [0.29, 0.717) is 17.9 Å². The van der Waals surface area contributed by atoms with Gasteiger partial charge in [-0.15, -0.1) is 0 Å². The van der Waals surface area contributed by atoms with Crippen LogP contribution in [0.2, 0.25) is 0 Å². The van der Waals surface area contributed by atoms with Crippen LogP contribution in [0.15, 0.2) is 54.6 Å². The number of aromatic nitrogens is 1. The number of carbonyl (C=O) groups excluding carboxylic acids is 1. The van der Waals surface area contributed by atoms with Gasteiger partial charge in [0, 0.05) is 29.0 Å². The Morgan fingerprint density at radius 2 is 1.97 bits per heavy atom. The van der Waals surface area contributed by atoms with Gasteiger partial charge in [-0.2, -0.15) is 0 Å². The highest BCUT2D eigenvalue weighted by molar-refractivity contribution is 5.95. The first-order chi connectivity index (χ1) is 14.6. The van der Waals surface area contributed by atoms with Gasteiger partial charge in [0.25, 0.3) is 0 Å². The Bertz CT molecular complexity index is 1150. The molecule has 2 aliphatic rings. The molecule has 0 unspecified atom stereocenters. The highest BCUT2D eigenvalue weighted by Crippen LogP contribution is 2.42. The molecule has 1 aliphatic carbocycles. The summed E-state index contributed by atoms with van der Waals surface area (Å²) in [4.78, 5) is 16.3. The maximum absolute atomic E-state index is 14.5. The molecule has 1 saturated carbocycles. The first kappa shape index (κ1) is 18.9. The van der Waals surface area contributed by atoms with Crippen LogP contribution >= 0.6 is 0 Å². The second-order valence-corrected chi connectivity index (χ2v) is 8.10. The quantitative estimate of drug-likeness (QED) is 0.623. The number of carbonyl (C=O) groups is 1. The van der Waals surface area contributed by atoms with Crippen molar-refractivity contribution in [3.8, 4) is 11.1 Å². The Balaban J connectivity index is 1.52. The van der Waals surface area contributed by atoms with Crippen molar-refractivity contribution in [1.29, 1.82) is 0 Å². The number of para-hydroxylation sites is 1. The summed E-state index contributed by atoms with van der Waals surface area (Å²) in [6.07, 6.45) is 4.65. The molecule has 0 amide bonds. The van der Waals surface area contributed by atoms with Crippen LogP contribution in [0.25, 0.3) is 28.1 Å². The SMILES string of the molecule is O=C1C[C@H](O)C[C@@H](/C=C/c2cc(-c3cc(C4CC4)nc4ccccc34)ccc2F)O1. The van der Waals surface area contributed by atoms with Crippen LogP contribution in [0.4, 0.5) is 4.39 Å². The van der Waals surface area contributed by atoms with E-state index in [1.165, 1.54) is 6.07 Å². The summed E-state index contributed by atoms with van der Waals surface area (Å²) in [7, 11) is 0. The minimum atomic E-state index is -0.721. The maximum Gasteiger partial charge on any atom is 0.309 e. The van der Waals surface area contributed by atoms with Crippen molar-refractivity contribution in [3.63, 3.8) is 0 Å². The number of hydrogen-bond donors (Lipinski definition) is 1. The van der Waals surface area contributed by atoms with E-state index in [1.54, 1.807) is 18.2 Å². The summed E-state index contributed by atoms with van der Waals surface area (Å²) in [6, 6.07) is 15.2. The van der Waals surface area contributed by atoms with Crippen LogP contribution in [0, 0.1) is 5.82 Å². The number of cyclic esters (lactones) is 1. The molecular formula is C25H22FNO3. The highest BCUT2D eigenvalue weighted by atomic mass is 19.1. The smallest absolute Gasteiger partial charge is 0.309 e. The number of pyridine rings is 1. The summed E-state index contributed by atoms with van der Waals surface area (Å²) >= 11 is 0. The molecule has 1 aromatic heterocycles. The lowest BCUT2D eigenvalue weighted by Crippen LogP contribution is -2.31. The van der Waals surface area contributed by atoms with E-state index in [-0.39, 0.29) is 12.2 Å². The topological polar surface area (TPSA) is 59.4 Å². The number of fused-ring (bicyclic) bond motifs is 1. The highest BCUT2D eigenvalue weighted by Gasteiger charge is 2.27. The number of aliphatic hydroxyl groups excluding tert-OH is 1. The molecule has 5 heteroatoms. The molecule has 3 aromatic rings. The molecule has 2 fully saturated rings. The standard InChI is InChI=1S/C25H22FNO3/c26-22-10-8-16(11-17(22)7-9-19-12-18(28)13-25(29)30-19)21-14-24(15-5-6-15)27-23-4-2-1-3-20(21)23/h1-4,7-11,14-15,18-19,28H,5-6,12-13H2/b9-7+/t18-,19-/m1/s1. The van der Waals surface area contributed by atoms with E-state index in [4.69, 9.17) is 9.72 Å². The minimum Gasteiger partial charge on any atom is -0.458 e. The molecule has 0 radical (unpaired) electrons. The molecule has 152 valence electrons. The van der Waals surface area contributed by atoms with Crippen LogP contribution in [0.5, 0.6) is 0 Å². The number of esters is 1. The molecule has 1 N–H and O–H groups in total. The molecule has 4 nitrogen and oxygen atoms in total. The van der Waals surface area contributed by atoms with E-state index in [1.807, 2.05) is 30.3 Å². The number of aliphatic hydroxyl groups is 1. The fourth-order valence-electron chi connectivity index (χ4n) is 4.00.